The minimum atomic E-state index is -4.51. The molecule has 3 aromatic rings. The van der Waals surface area contributed by atoms with E-state index in [9.17, 15) is 21.6 Å². The minimum absolute atomic E-state index is 0.159. The van der Waals surface area contributed by atoms with Gasteiger partial charge < -0.3 is 4.90 Å². The van der Waals surface area contributed by atoms with E-state index in [1.54, 1.807) is 17.0 Å². The molecule has 0 spiro atoms. The van der Waals surface area contributed by atoms with Crippen molar-refractivity contribution in [1.29, 1.82) is 0 Å². The first-order valence-corrected chi connectivity index (χ1v) is 10.9. The molecule has 0 atom stereocenters. The Morgan fingerprint density at radius 2 is 1.52 bits per heavy atom. The van der Waals surface area contributed by atoms with Gasteiger partial charge in [0, 0.05) is 38.6 Å². The van der Waals surface area contributed by atoms with Crippen molar-refractivity contribution in [2.24, 2.45) is 0 Å². The Balaban J connectivity index is 1.43. The molecule has 3 heterocycles. The van der Waals surface area contributed by atoms with Gasteiger partial charge in [-0.15, -0.1) is 10.2 Å². The predicted molar refractivity (Wildman–Crippen MR) is 106 cm³/mol. The lowest BCUT2D eigenvalue weighted by atomic mass is 10.2. The highest BCUT2D eigenvalue weighted by Crippen LogP contribution is 2.30. The second kappa shape index (κ2) is 7.93. The number of aryl methyl sites for hydroxylation is 1. The van der Waals surface area contributed by atoms with Crippen molar-refractivity contribution < 1.29 is 21.6 Å². The van der Waals surface area contributed by atoms with Gasteiger partial charge in [-0.3, -0.25) is 4.57 Å². The number of alkyl halides is 3. The Labute approximate surface area is 177 Å². The topological polar surface area (TPSA) is 84.2 Å². The first kappa shape index (κ1) is 21.2. The summed E-state index contributed by atoms with van der Waals surface area (Å²) in [6.45, 7) is 3.00. The van der Waals surface area contributed by atoms with Gasteiger partial charge in [0.05, 0.1) is 10.5 Å². The number of aromatic nitrogens is 4. The lowest BCUT2D eigenvalue weighted by Gasteiger charge is -2.34. The largest absolute Gasteiger partial charge is 0.416 e. The van der Waals surface area contributed by atoms with E-state index in [0.717, 1.165) is 30.1 Å². The van der Waals surface area contributed by atoms with E-state index in [4.69, 9.17) is 0 Å². The van der Waals surface area contributed by atoms with Crippen LogP contribution in [0.5, 0.6) is 0 Å². The zero-order chi connectivity index (χ0) is 22.2. The van der Waals surface area contributed by atoms with Gasteiger partial charge in [-0.2, -0.15) is 17.5 Å². The molecule has 164 valence electrons. The van der Waals surface area contributed by atoms with Crippen molar-refractivity contribution in [3.63, 3.8) is 0 Å². The van der Waals surface area contributed by atoms with Gasteiger partial charge >= 0.3 is 6.18 Å². The Kier molecular flexibility index (Phi) is 5.43. The summed E-state index contributed by atoms with van der Waals surface area (Å²) in [5, 5.41) is 8.44. The van der Waals surface area contributed by atoms with E-state index >= 15 is 0 Å². The predicted octanol–water partition coefficient (Wildman–Crippen LogP) is 2.50. The standard InChI is InChI=1S/C19H19F3N6O2S/c1-14-23-8-9-28(14)18-7-6-17(24-25-18)26-10-12-27(13-11-26)31(29,30)16-4-2-15(3-5-16)19(20,21)22/h2-9H,10-13H2,1H3. The molecule has 31 heavy (non-hydrogen) atoms. The van der Waals surface area contributed by atoms with E-state index in [-0.39, 0.29) is 18.0 Å². The second-order valence-corrected chi connectivity index (χ2v) is 8.95. The van der Waals surface area contributed by atoms with Crippen LogP contribution in [0.25, 0.3) is 5.82 Å². The van der Waals surface area contributed by atoms with Crippen LogP contribution in [0.1, 0.15) is 11.4 Å². The lowest BCUT2D eigenvalue weighted by molar-refractivity contribution is -0.137. The van der Waals surface area contributed by atoms with Gasteiger partial charge in [0.15, 0.2) is 11.6 Å². The maximum Gasteiger partial charge on any atom is 0.416 e. The molecule has 0 saturated carbocycles. The van der Waals surface area contributed by atoms with Crippen LogP contribution < -0.4 is 4.90 Å². The van der Waals surface area contributed by atoms with Crippen molar-refractivity contribution in [3.05, 3.63) is 60.2 Å². The molecule has 1 aromatic carbocycles. The Morgan fingerprint density at radius 1 is 0.903 bits per heavy atom. The van der Waals surface area contributed by atoms with E-state index in [2.05, 4.69) is 15.2 Å². The first-order valence-electron chi connectivity index (χ1n) is 9.43. The monoisotopic (exact) mass is 452 g/mol. The molecule has 0 bridgehead atoms. The summed E-state index contributed by atoms with van der Waals surface area (Å²) in [5.41, 5.74) is -0.885. The average Bonchev–Trinajstić information content (AvgIpc) is 3.19. The Morgan fingerprint density at radius 3 is 2.03 bits per heavy atom. The SMILES string of the molecule is Cc1nccn1-c1ccc(N2CCN(S(=O)(=O)c3ccc(C(F)(F)F)cc3)CC2)nn1. The Hall–Kier alpha value is -2.99. The summed E-state index contributed by atoms with van der Waals surface area (Å²) in [5.74, 6) is 2.03. The van der Waals surface area contributed by atoms with Crippen LogP contribution in [0.2, 0.25) is 0 Å². The molecule has 4 rings (SSSR count). The fraction of sp³-hybridized carbons (Fsp3) is 0.316. The third-order valence-corrected chi connectivity index (χ3v) is 7.00. The summed E-state index contributed by atoms with van der Waals surface area (Å²) >= 11 is 0. The van der Waals surface area contributed by atoms with Crippen LogP contribution in [-0.2, 0) is 16.2 Å². The normalized spacial score (nSPS) is 15.9. The molecule has 0 N–H and O–H groups in total. The van der Waals surface area contributed by atoms with Crippen LogP contribution in [-0.4, -0.2) is 58.7 Å². The molecule has 12 heteroatoms. The summed E-state index contributed by atoms with van der Waals surface area (Å²) in [4.78, 5) is 5.90. The summed E-state index contributed by atoms with van der Waals surface area (Å²) in [6.07, 6.45) is -1.06. The smallest absolute Gasteiger partial charge is 0.352 e. The molecular formula is C19H19F3N6O2S. The van der Waals surface area contributed by atoms with Crippen molar-refractivity contribution >= 4 is 15.8 Å². The first-order chi connectivity index (χ1) is 14.7. The average molecular weight is 452 g/mol. The number of anilines is 1. The lowest BCUT2D eigenvalue weighted by Crippen LogP contribution is -2.49. The van der Waals surface area contributed by atoms with Crippen LogP contribution >= 0.6 is 0 Å². The fourth-order valence-corrected chi connectivity index (χ4v) is 4.78. The molecule has 1 saturated heterocycles. The maximum atomic E-state index is 12.8. The highest BCUT2D eigenvalue weighted by Gasteiger charge is 2.32. The van der Waals surface area contributed by atoms with Crippen LogP contribution in [0.3, 0.4) is 0 Å². The van der Waals surface area contributed by atoms with Gasteiger partial charge in [-0.1, -0.05) is 0 Å². The molecule has 0 unspecified atom stereocenters. The molecule has 0 radical (unpaired) electrons. The number of rotatable bonds is 4. The number of halogens is 3. The quantitative estimate of drug-likeness (QED) is 0.605. The summed E-state index contributed by atoms with van der Waals surface area (Å²) < 4.78 is 66.8. The number of sulfonamides is 1. The van der Waals surface area contributed by atoms with E-state index in [1.165, 1.54) is 4.31 Å². The van der Waals surface area contributed by atoms with Crippen molar-refractivity contribution in [2.45, 2.75) is 18.0 Å². The van der Waals surface area contributed by atoms with E-state index in [1.807, 2.05) is 24.0 Å². The summed E-state index contributed by atoms with van der Waals surface area (Å²) in [7, 11) is -3.88. The van der Waals surface area contributed by atoms with Gasteiger partial charge in [-0.05, 0) is 43.3 Å². The van der Waals surface area contributed by atoms with Crippen molar-refractivity contribution in [2.75, 3.05) is 31.1 Å². The number of benzene rings is 1. The molecule has 0 aliphatic carbocycles. The molecule has 1 aliphatic heterocycles. The maximum absolute atomic E-state index is 12.8. The zero-order valence-corrected chi connectivity index (χ0v) is 17.3. The van der Waals surface area contributed by atoms with Gasteiger partial charge in [0.25, 0.3) is 0 Å². The fourth-order valence-electron chi connectivity index (χ4n) is 3.36. The third kappa shape index (κ3) is 4.26. The summed E-state index contributed by atoms with van der Waals surface area (Å²) in [6, 6.07) is 7.16. The highest BCUT2D eigenvalue weighted by molar-refractivity contribution is 7.89. The highest BCUT2D eigenvalue weighted by atomic mass is 32.2. The van der Waals surface area contributed by atoms with Gasteiger partial charge in [0.1, 0.15) is 5.82 Å². The zero-order valence-electron chi connectivity index (χ0n) is 16.5. The van der Waals surface area contributed by atoms with E-state index < -0.39 is 21.8 Å². The molecule has 0 amide bonds. The van der Waals surface area contributed by atoms with Gasteiger partial charge in [0.2, 0.25) is 10.0 Å². The van der Waals surface area contributed by atoms with Crippen LogP contribution in [0.4, 0.5) is 19.0 Å². The second-order valence-electron chi connectivity index (χ2n) is 7.01. The molecule has 1 aliphatic rings. The molecule has 8 nitrogen and oxygen atoms in total. The van der Waals surface area contributed by atoms with Crippen molar-refractivity contribution in [1.82, 2.24) is 24.1 Å². The van der Waals surface area contributed by atoms with Crippen LogP contribution in [0, 0.1) is 6.92 Å². The van der Waals surface area contributed by atoms with Crippen LogP contribution in [0.15, 0.2) is 53.7 Å². The number of hydrogen-bond acceptors (Lipinski definition) is 6. The van der Waals surface area contributed by atoms with E-state index in [0.29, 0.717) is 24.7 Å². The van der Waals surface area contributed by atoms with Crippen molar-refractivity contribution in [3.8, 4) is 5.82 Å². The molecule has 1 fully saturated rings. The molecular weight excluding hydrogens is 433 g/mol. The minimum Gasteiger partial charge on any atom is -0.352 e. The van der Waals surface area contributed by atoms with Gasteiger partial charge in [-0.25, -0.2) is 13.4 Å². The Bertz CT molecular complexity index is 1150. The number of nitrogens with zero attached hydrogens (tertiary/aromatic N) is 6. The third-order valence-electron chi connectivity index (χ3n) is 5.09. The molecule has 2 aromatic heterocycles. The number of hydrogen-bond donors (Lipinski definition) is 0. The number of piperazine rings is 1. The number of imidazole rings is 1.